The summed E-state index contributed by atoms with van der Waals surface area (Å²) in [5, 5.41) is 3.33. The quantitative estimate of drug-likeness (QED) is 0.401. The summed E-state index contributed by atoms with van der Waals surface area (Å²) in [5.74, 6) is 0. The zero-order chi connectivity index (χ0) is 10.3. The fourth-order valence-electron chi connectivity index (χ4n) is 1.26. The molecule has 0 saturated heterocycles. The minimum absolute atomic E-state index is 0.0908. The molecule has 0 fully saturated rings. The molecule has 0 aliphatic rings. The molecule has 3 N–H and O–H groups in total. The average Bonchev–Trinajstić information content (AvgIpc) is 2.15. The lowest BCUT2D eigenvalue weighted by molar-refractivity contribution is -0.108. The molecular weight excluding hydrogens is 184 g/mol. The first-order valence-electron chi connectivity index (χ1n) is 4.66. The molecule has 2 unspecified atom stereocenters. The summed E-state index contributed by atoms with van der Waals surface area (Å²) < 4.78 is 10.4. The topological polar surface area (TPSA) is 56.5 Å². The van der Waals surface area contributed by atoms with Crippen molar-refractivity contribution in [2.75, 3.05) is 27.3 Å². The summed E-state index contributed by atoms with van der Waals surface area (Å²) in [6.45, 7) is 3.65. The molecule has 0 radical (unpaired) electrons. The molecule has 0 aromatic rings. The van der Waals surface area contributed by atoms with Gasteiger partial charge in [-0.05, 0) is 6.92 Å². The van der Waals surface area contributed by atoms with Gasteiger partial charge in [0.1, 0.15) is 0 Å². The lowest BCUT2D eigenvalue weighted by atomic mass is 10.2. The fourth-order valence-corrected chi connectivity index (χ4v) is 2.04. The monoisotopic (exact) mass is 206 g/mol. The maximum Gasteiger partial charge on any atom is 0.157 e. The average molecular weight is 206 g/mol. The van der Waals surface area contributed by atoms with Crippen LogP contribution in [0.15, 0.2) is 0 Å². The van der Waals surface area contributed by atoms with Crippen molar-refractivity contribution in [2.24, 2.45) is 5.73 Å². The van der Waals surface area contributed by atoms with Crippen LogP contribution in [0.2, 0.25) is 5.54 Å². The molecular formula is C8H22N2O2Si. The van der Waals surface area contributed by atoms with Crippen LogP contribution in [-0.2, 0) is 9.47 Å². The lowest BCUT2D eigenvalue weighted by Gasteiger charge is -2.27. The Kier molecular flexibility index (Phi) is 7.49. The molecule has 5 heteroatoms. The van der Waals surface area contributed by atoms with E-state index in [1.54, 1.807) is 14.2 Å². The molecule has 0 bridgehead atoms. The first kappa shape index (κ1) is 13.1. The molecule has 0 aliphatic heterocycles. The van der Waals surface area contributed by atoms with Crippen molar-refractivity contribution in [1.82, 2.24) is 5.32 Å². The highest BCUT2D eigenvalue weighted by Crippen LogP contribution is 2.14. The fraction of sp³-hybridized carbons (Fsp3) is 1.00. The Labute approximate surface area is 83.6 Å². The number of nitrogens with two attached hydrogens (primary N) is 1. The minimum atomic E-state index is -0.0908. The first-order chi connectivity index (χ1) is 6.17. The summed E-state index contributed by atoms with van der Waals surface area (Å²) in [6.07, 6.45) is -0.0908. The van der Waals surface area contributed by atoms with Gasteiger partial charge >= 0.3 is 0 Å². The third kappa shape index (κ3) is 4.73. The zero-order valence-corrected chi connectivity index (χ0v) is 11.0. The van der Waals surface area contributed by atoms with Gasteiger partial charge < -0.3 is 20.5 Å². The molecule has 0 heterocycles. The van der Waals surface area contributed by atoms with E-state index in [-0.39, 0.29) is 6.29 Å². The van der Waals surface area contributed by atoms with Gasteiger partial charge in [0.15, 0.2) is 6.29 Å². The van der Waals surface area contributed by atoms with Crippen LogP contribution in [0.3, 0.4) is 0 Å². The van der Waals surface area contributed by atoms with Crippen molar-refractivity contribution in [3.8, 4) is 0 Å². The summed E-state index contributed by atoms with van der Waals surface area (Å²) in [6, 6.07) is 0.403. The second-order valence-electron chi connectivity index (χ2n) is 3.23. The van der Waals surface area contributed by atoms with Gasteiger partial charge in [-0.3, -0.25) is 0 Å². The molecule has 4 nitrogen and oxygen atoms in total. The summed E-state index contributed by atoms with van der Waals surface area (Å²) in [7, 11) is 4.39. The van der Waals surface area contributed by atoms with Crippen molar-refractivity contribution in [1.29, 1.82) is 0 Å². The van der Waals surface area contributed by atoms with Crippen LogP contribution in [0.25, 0.3) is 0 Å². The van der Waals surface area contributed by atoms with E-state index in [9.17, 15) is 0 Å². The van der Waals surface area contributed by atoms with E-state index in [1.807, 2.05) is 0 Å². The van der Waals surface area contributed by atoms with Crippen molar-refractivity contribution in [2.45, 2.75) is 24.8 Å². The Morgan fingerprint density at radius 1 is 1.38 bits per heavy atom. The van der Waals surface area contributed by atoms with E-state index in [0.717, 1.165) is 16.8 Å². The van der Waals surface area contributed by atoms with Crippen molar-refractivity contribution in [3.05, 3.63) is 0 Å². The number of hydrogen-bond acceptors (Lipinski definition) is 4. The standard InChI is InChI=1S/C8H22N2O2Si/c1-6(10-5-4-9)7(13)8(11-2)12-3/h6-8,10H,4-5,9H2,1-3,13H3. The third-order valence-corrected chi connectivity index (χ3v) is 3.84. The smallest absolute Gasteiger partial charge is 0.157 e. The predicted molar refractivity (Wildman–Crippen MR) is 58.0 cm³/mol. The highest BCUT2D eigenvalue weighted by atomic mass is 28.1. The number of methoxy groups -OCH3 is 2. The highest BCUT2D eigenvalue weighted by molar-refractivity contribution is 6.12. The molecule has 0 amide bonds. The summed E-state index contributed by atoms with van der Waals surface area (Å²) in [5.41, 5.74) is 5.85. The maximum absolute atomic E-state index is 5.40. The zero-order valence-electron chi connectivity index (χ0n) is 9.04. The molecule has 0 aromatic carbocycles. The Morgan fingerprint density at radius 3 is 2.31 bits per heavy atom. The van der Waals surface area contributed by atoms with E-state index >= 15 is 0 Å². The largest absolute Gasteiger partial charge is 0.356 e. The van der Waals surface area contributed by atoms with Gasteiger partial charge in [0.05, 0.1) is 0 Å². The number of hydrogen-bond donors (Lipinski definition) is 2. The molecule has 13 heavy (non-hydrogen) atoms. The van der Waals surface area contributed by atoms with Gasteiger partial charge in [-0.15, -0.1) is 0 Å². The predicted octanol–water partition coefficient (Wildman–Crippen LogP) is -1.30. The van der Waals surface area contributed by atoms with Crippen LogP contribution < -0.4 is 11.1 Å². The van der Waals surface area contributed by atoms with Gasteiger partial charge in [0.25, 0.3) is 0 Å². The molecule has 0 saturated carbocycles. The van der Waals surface area contributed by atoms with E-state index in [0.29, 0.717) is 18.1 Å². The first-order valence-corrected chi connectivity index (χ1v) is 5.81. The highest BCUT2D eigenvalue weighted by Gasteiger charge is 2.21. The van der Waals surface area contributed by atoms with Gasteiger partial charge in [-0.25, -0.2) is 0 Å². The van der Waals surface area contributed by atoms with Crippen LogP contribution in [0, 0.1) is 0 Å². The van der Waals surface area contributed by atoms with Crippen LogP contribution in [0.5, 0.6) is 0 Å². The number of ether oxygens (including phenoxy) is 2. The lowest BCUT2D eigenvalue weighted by Crippen LogP contribution is -2.39. The Hall–Kier alpha value is 0.0569. The van der Waals surface area contributed by atoms with Crippen LogP contribution in [0.1, 0.15) is 6.92 Å². The van der Waals surface area contributed by atoms with Gasteiger partial charge in [0, 0.05) is 49.1 Å². The van der Waals surface area contributed by atoms with Crippen molar-refractivity contribution in [3.63, 3.8) is 0 Å². The Bertz CT molecular complexity index is 123. The van der Waals surface area contributed by atoms with Crippen molar-refractivity contribution >= 4 is 10.2 Å². The maximum atomic E-state index is 5.40. The van der Waals surface area contributed by atoms with Gasteiger partial charge in [-0.1, -0.05) is 0 Å². The van der Waals surface area contributed by atoms with Crippen LogP contribution in [0.4, 0.5) is 0 Å². The minimum Gasteiger partial charge on any atom is -0.356 e. The summed E-state index contributed by atoms with van der Waals surface area (Å²) >= 11 is 0. The SMILES string of the molecule is COC(OC)C([SiH3])C(C)NCCN. The van der Waals surface area contributed by atoms with E-state index < -0.39 is 0 Å². The summed E-state index contributed by atoms with van der Waals surface area (Å²) in [4.78, 5) is 0. The normalized spacial score (nSPS) is 16.4. The van der Waals surface area contributed by atoms with E-state index in [4.69, 9.17) is 15.2 Å². The molecule has 0 rings (SSSR count). The number of nitrogens with one attached hydrogen (secondary N) is 1. The molecule has 0 aliphatic carbocycles. The van der Waals surface area contributed by atoms with Gasteiger partial charge in [0.2, 0.25) is 0 Å². The van der Waals surface area contributed by atoms with Gasteiger partial charge in [-0.2, -0.15) is 0 Å². The Morgan fingerprint density at radius 2 is 1.92 bits per heavy atom. The van der Waals surface area contributed by atoms with E-state index in [2.05, 4.69) is 12.2 Å². The molecule has 2 atom stereocenters. The Balaban J connectivity index is 3.83. The van der Waals surface area contributed by atoms with E-state index in [1.165, 1.54) is 0 Å². The molecule has 0 aromatic heterocycles. The molecule has 80 valence electrons. The molecule has 0 spiro atoms. The van der Waals surface area contributed by atoms with Crippen molar-refractivity contribution < 1.29 is 9.47 Å². The second kappa shape index (κ2) is 7.46. The second-order valence-corrected chi connectivity index (χ2v) is 4.56. The number of rotatable bonds is 7. The third-order valence-electron chi connectivity index (χ3n) is 2.29. The van der Waals surface area contributed by atoms with Crippen LogP contribution in [-0.4, -0.2) is 49.9 Å². The van der Waals surface area contributed by atoms with Crippen LogP contribution >= 0.6 is 0 Å².